The molecule has 0 unspecified atom stereocenters. The van der Waals surface area contributed by atoms with Crippen molar-refractivity contribution in [2.75, 3.05) is 0 Å². The molecule has 0 aliphatic carbocycles. The van der Waals surface area contributed by atoms with Gasteiger partial charge < -0.3 is 21.2 Å². The first kappa shape index (κ1) is 28.1. The molecule has 0 spiro atoms. The topological polar surface area (TPSA) is 42.9 Å². The van der Waals surface area contributed by atoms with E-state index in [1.807, 2.05) is 88.4 Å². The number of hydrogen-bond acceptors (Lipinski definition) is 3. The monoisotopic (exact) mass is 447 g/mol. The van der Waals surface area contributed by atoms with E-state index in [0.717, 1.165) is 22.4 Å². The minimum atomic E-state index is 0. The Morgan fingerprint density at radius 3 is 1.71 bits per heavy atom. The Morgan fingerprint density at radius 2 is 1.29 bits per heavy atom. The number of aromatic nitrogens is 2. The van der Waals surface area contributed by atoms with E-state index in [-0.39, 0.29) is 32.7 Å². The molecule has 143 valence electrons. The molecule has 0 aliphatic rings. The Bertz CT molecular complexity index is 813. The van der Waals surface area contributed by atoms with Crippen LogP contribution in [0.2, 0.25) is 0 Å². The molecule has 0 saturated carbocycles. The molecule has 0 aliphatic heterocycles. The first-order valence-electron chi connectivity index (χ1n) is 8.99. The maximum Gasteiger partial charge on any atom is 0.0613 e. The fraction of sp³-hybridized carbons (Fsp3) is 0.208. The summed E-state index contributed by atoms with van der Waals surface area (Å²) in [4.78, 5) is 17.3. The molecule has 0 bridgehead atoms. The van der Waals surface area contributed by atoms with Crippen LogP contribution in [0.3, 0.4) is 0 Å². The molecule has 28 heavy (non-hydrogen) atoms. The Labute approximate surface area is 194 Å². The molecule has 3 aromatic rings. The van der Waals surface area contributed by atoms with Crippen LogP contribution in [0.4, 0.5) is 0 Å². The van der Waals surface area contributed by atoms with Crippen molar-refractivity contribution < 1.29 is 37.5 Å². The summed E-state index contributed by atoms with van der Waals surface area (Å²) in [6.45, 7) is 9.32. The molecule has 0 saturated heterocycles. The third-order valence-electron chi connectivity index (χ3n) is 3.03. The number of rotatable bonds is 2. The standard InChI is InChI=1S/C18H11N2.C2H3O.2C2H6.Y/c1-2-17-19-13-16(14-9-5-3-6-10-14)18(20-17)15-11-7-4-8-12-15;1-2-3;2*1-2;/h3-13H;1H3;2*1-2H3;/q2*-1;;;. The van der Waals surface area contributed by atoms with Gasteiger partial charge in [0, 0.05) is 50.3 Å². The second-order valence-electron chi connectivity index (χ2n) is 4.52. The van der Waals surface area contributed by atoms with E-state index in [1.165, 1.54) is 13.2 Å². The Hall–Kier alpha value is -2.15. The maximum absolute atomic E-state index is 8.68. The molecule has 3 rings (SSSR count). The van der Waals surface area contributed by atoms with Gasteiger partial charge in [0.2, 0.25) is 0 Å². The van der Waals surface area contributed by atoms with Crippen molar-refractivity contribution >= 4 is 6.29 Å². The van der Waals surface area contributed by atoms with Crippen molar-refractivity contribution in [3.8, 4) is 28.3 Å². The van der Waals surface area contributed by atoms with E-state index in [1.54, 1.807) is 6.20 Å². The van der Waals surface area contributed by atoms with Crippen LogP contribution in [0.15, 0.2) is 66.9 Å². The van der Waals surface area contributed by atoms with Gasteiger partial charge in [-0.15, -0.1) is 0 Å². The molecule has 1 radical (unpaired) electrons. The summed E-state index contributed by atoms with van der Waals surface area (Å²) in [5.74, 6) is 2.54. The van der Waals surface area contributed by atoms with Crippen LogP contribution in [0, 0.1) is 12.3 Å². The molecule has 1 heterocycles. The second kappa shape index (κ2) is 18.2. The Morgan fingerprint density at radius 1 is 0.857 bits per heavy atom. The Balaban J connectivity index is 0. The largest absolute Gasteiger partial charge is 0.542 e. The van der Waals surface area contributed by atoms with Crippen LogP contribution in [0.25, 0.3) is 22.4 Å². The van der Waals surface area contributed by atoms with Crippen molar-refractivity contribution in [1.82, 2.24) is 9.97 Å². The van der Waals surface area contributed by atoms with Gasteiger partial charge >= 0.3 is 0 Å². The fourth-order valence-corrected chi connectivity index (χ4v) is 2.09. The quantitative estimate of drug-likeness (QED) is 0.362. The van der Waals surface area contributed by atoms with E-state index in [0.29, 0.717) is 5.82 Å². The van der Waals surface area contributed by atoms with Gasteiger partial charge in [0.1, 0.15) is 0 Å². The zero-order chi connectivity index (χ0) is 20.5. The summed E-state index contributed by atoms with van der Waals surface area (Å²) in [5, 5.41) is 0. The van der Waals surface area contributed by atoms with Crippen LogP contribution in [-0.4, -0.2) is 16.3 Å². The molecule has 4 heteroatoms. The van der Waals surface area contributed by atoms with E-state index >= 15 is 0 Å². The molecule has 3 nitrogen and oxygen atoms in total. The summed E-state index contributed by atoms with van der Waals surface area (Å²) in [6.07, 6.45) is 10.5. The summed E-state index contributed by atoms with van der Waals surface area (Å²) in [5.41, 5.74) is 3.84. The average Bonchev–Trinajstić information content (AvgIpc) is 2.78. The summed E-state index contributed by atoms with van der Waals surface area (Å²) >= 11 is 0. The summed E-state index contributed by atoms with van der Waals surface area (Å²) < 4.78 is 0. The Kier molecular flexibility index (Phi) is 18.3. The molecular weight excluding hydrogens is 421 g/mol. The van der Waals surface area contributed by atoms with Crippen molar-refractivity contribution in [2.45, 2.75) is 34.6 Å². The van der Waals surface area contributed by atoms with Crippen molar-refractivity contribution in [1.29, 1.82) is 0 Å². The van der Waals surface area contributed by atoms with Gasteiger partial charge in [-0.25, -0.2) is 0 Å². The number of carbonyl (C=O) groups excluding carboxylic acids is 1. The molecule has 1 aromatic heterocycles. The number of nitrogens with zero attached hydrogens (tertiary/aromatic N) is 2. The third kappa shape index (κ3) is 9.17. The first-order chi connectivity index (χ1) is 13.3. The molecular formula is C24H26N2OY-2. The molecule has 2 aromatic carbocycles. The van der Waals surface area contributed by atoms with E-state index in [4.69, 9.17) is 11.2 Å². The third-order valence-corrected chi connectivity index (χ3v) is 3.03. The van der Waals surface area contributed by atoms with Crippen LogP contribution >= 0.6 is 0 Å². The van der Waals surface area contributed by atoms with E-state index in [2.05, 4.69) is 15.9 Å². The molecule has 0 amide bonds. The number of hydrogen-bond donors (Lipinski definition) is 0. The first-order valence-corrected chi connectivity index (χ1v) is 8.99. The van der Waals surface area contributed by atoms with Gasteiger partial charge in [-0.2, -0.15) is 6.92 Å². The van der Waals surface area contributed by atoms with Crippen molar-refractivity contribution in [3.05, 3.63) is 79.1 Å². The fourth-order valence-electron chi connectivity index (χ4n) is 2.09. The van der Waals surface area contributed by atoms with Gasteiger partial charge in [0.15, 0.2) is 0 Å². The smallest absolute Gasteiger partial charge is 0.0613 e. The molecule has 0 atom stereocenters. The van der Waals surface area contributed by atoms with Gasteiger partial charge in [-0.1, -0.05) is 88.4 Å². The van der Waals surface area contributed by atoms with E-state index in [9.17, 15) is 0 Å². The maximum atomic E-state index is 8.68. The predicted octanol–water partition coefficient (Wildman–Crippen LogP) is 5.91. The minimum Gasteiger partial charge on any atom is -0.542 e. The van der Waals surface area contributed by atoms with Crippen molar-refractivity contribution in [3.63, 3.8) is 0 Å². The zero-order valence-electron chi connectivity index (χ0n) is 17.2. The molecule has 0 N–H and O–H groups in total. The van der Waals surface area contributed by atoms with Gasteiger partial charge in [-0.05, 0) is 11.1 Å². The van der Waals surface area contributed by atoms with Crippen molar-refractivity contribution in [2.24, 2.45) is 0 Å². The summed E-state index contributed by atoms with van der Waals surface area (Å²) in [6, 6.07) is 19.9. The molecule has 0 fully saturated rings. The van der Waals surface area contributed by atoms with Gasteiger partial charge in [0.05, 0.1) is 5.69 Å². The van der Waals surface area contributed by atoms with Crippen LogP contribution in [0.5, 0.6) is 0 Å². The van der Waals surface area contributed by atoms with Crippen LogP contribution in [-0.2, 0) is 37.5 Å². The average molecular weight is 447 g/mol. The van der Waals surface area contributed by atoms with Gasteiger partial charge in [0.25, 0.3) is 0 Å². The normalized spacial score (nSPS) is 8.00. The SMILES string of the molecule is CC.CC.C[C-]=O.[C-]#Cc1ncc(-c2ccccc2)c(-c2ccccc2)n1.[Y]. The predicted molar refractivity (Wildman–Crippen MR) is 113 cm³/mol. The van der Waals surface area contributed by atoms with Gasteiger partial charge in [-0.3, -0.25) is 12.2 Å². The van der Waals surface area contributed by atoms with E-state index < -0.39 is 0 Å². The summed E-state index contributed by atoms with van der Waals surface area (Å²) in [7, 11) is 0. The second-order valence-corrected chi connectivity index (χ2v) is 4.52. The minimum absolute atomic E-state index is 0. The number of benzene rings is 2. The van der Waals surface area contributed by atoms with Crippen LogP contribution in [0.1, 0.15) is 40.4 Å². The zero-order valence-corrected chi connectivity index (χ0v) is 20.1. The van der Waals surface area contributed by atoms with Crippen LogP contribution < -0.4 is 0 Å².